The summed E-state index contributed by atoms with van der Waals surface area (Å²) in [6, 6.07) is 0. The highest BCUT2D eigenvalue weighted by Crippen LogP contribution is 2.40. The molecule has 0 aromatic carbocycles. The average Bonchev–Trinajstić information content (AvgIpc) is 1.59. The second-order valence-corrected chi connectivity index (χ2v) is 2.87. The molecule has 0 amide bonds. The largest absolute Gasteiger partial charge is 0.360 e. The lowest BCUT2D eigenvalue weighted by atomic mass is 9.90. The third kappa shape index (κ3) is 0.578. The van der Waals surface area contributed by atoms with E-state index in [0.29, 0.717) is 0 Å². The van der Waals surface area contributed by atoms with Crippen molar-refractivity contribution in [1.29, 1.82) is 0 Å². The van der Waals surface area contributed by atoms with Crippen molar-refractivity contribution in [2.45, 2.75) is 25.5 Å². The normalized spacial score (nSPS) is 42.3. The Morgan fingerprint density at radius 1 is 1.56 bits per heavy atom. The van der Waals surface area contributed by atoms with Gasteiger partial charge in [-0.2, -0.15) is 0 Å². The minimum absolute atomic E-state index is 0.245. The van der Waals surface area contributed by atoms with E-state index in [2.05, 4.69) is 11.8 Å². The fourth-order valence-corrected chi connectivity index (χ4v) is 1.75. The lowest BCUT2D eigenvalue weighted by Gasteiger charge is -2.57. The molecular weight excluding hydrogens is 114 g/mol. The number of likely N-dealkylation sites (tertiary alicyclic amines) is 1. The molecule has 9 heavy (non-hydrogen) atoms. The second kappa shape index (κ2) is 1.70. The minimum Gasteiger partial charge on any atom is -0.360 e. The third-order valence-electron chi connectivity index (χ3n) is 2.59. The lowest BCUT2D eigenvalue weighted by molar-refractivity contribution is -0.288. The summed E-state index contributed by atoms with van der Waals surface area (Å²) in [6.07, 6.45) is 2.53. The van der Waals surface area contributed by atoms with Crippen LogP contribution in [0.25, 0.3) is 0 Å². The maximum absolute atomic E-state index is 5.48. The first kappa shape index (κ1) is 5.69. The van der Waals surface area contributed by atoms with Gasteiger partial charge in [0, 0.05) is 19.4 Å². The molecule has 0 aromatic heterocycles. The summed E-state index contributed by atoms with van der Waals surface area (Å²) >= 11 is 0. The van der Waals surface area contributed by atoms with Gasteiger partial charge in [0.2, 0.25) is 0 Å². The zero-order chi connectivity index (χ0) is 6.32. The standard InChI is InChI=1S/C7H13NO/c1-2-8-5-3-7(8)4-6-9-7/h2-6H2,1H3. The topological polar surface area (TPSA) is 12.5 Å². The van der Waals surface area contributed by atoms with Gasteiger partial charge in [0.05, 0.1) is 6.61 Å². The molecule has 52 valence electrons. The zero-order valence-corrected chi connectivity index (χ0v) is 5.89. The van der Waals surface area contributed by atoms with Crippen molar-refractivity contribution in [3.63, 3.8) is 0 Å². The maximum atomic E-state index is 5.48. The third-order valence-corrected chi connectivity index (χ3v) is 2.59. The van der Waals surface area contributed by atoms with Crippen LogP contribution in [0.2, 0.25) is 0 Å². The number of nitrogens with zero attached hydrogens (tertiary/aromatic N) is 1. The Morgan fingerprint density at radius 2 is 2.33 bits per heavy atom. The molecular formula is C7H13NO. The van der Waals surface area contributed by atoms with Crippen molar-refractivity contribution < 1.29 is 4.74 Å². The molecule has 0 N–H and O–H groups in total. The van der Waals surface area contributed by atoms with E-state index >= 15 is 0 Å². The Labute approximate surface area is 55.8 Å². The van der Waals surface area contributed by atoms with Crippen LogP contribution in [0.4, 0.5) is 0 Å². The lowest BCUT2D eigenvalue weighted by Crippen LogP contribution is -2.66. The Balaban J connectivity index is 1.97. The summed E-state index contributed by atoms with van der Waals surface area (Å²) in [5, 5.41) is 0. The zero-order valence-electron chi connectivity index (χ0n) is 5.89. The van der Waals surface area contributed by atoms with Gasteiger partial charge in [-0.25, -0.2) is 0 Å². The van der Waals surface area contributed by atoms with E-state index in [4.69, 9.17) is 4.74 Å². The van der Waals surface area contributed by atoms with Crippen molar-refractivity contribution in [3.05, 3.63) is 0 Å². The van der Waals surface area contributed by atoms with Gasteiger partial charge >= 0.3 is 0 Å². The van der Waals surface area contributed by atoms with Gasteiger partial charge in [-0.15, -0.1) is 0 Å². The molecule has 2 nitrogen and oxygen atoms in total. The first-order valence-corrected chi connectivity index (χ1v) is 3.76. The highest BCUT2D eigenvalue weighted by molar-refractivity contribution is 4.95. The van der Waals surface area contributed by atoms with Crippen LogP contribution in [0, 0.1) is 0 Å². The fourth-order valence-electron chi connectivity index (χ4n) is 1.75. The van der Waals surface area contributed by atoms with Crippen molar-refractivity contribution in [2.75, 3.05) is 19.7 Å². The van der Waals surface area contributed by atoms with E-state index in [1.165, 1.54) is 19.4 Å². The fraction of sp³-hybridized carbons (Fsp3) is 1.00. The number of hydrogen-bond donors (Lipinski definition) is 0. The summed E-state index contributed by atoms with van der Waals surface area (Å²) in [4.78, 5) is 2.41. The second-order valence-electron chi connectivity index (χ2n) is 2.87. The molecule has 2 aliphatic heterocycles. The van der Waals surface area contributed by atoms with Crippen molar-refractivity contribution in [2.24, 2.45) is 0 Å². The number of hydrogen-bond acceptors (Lipinski definition) is 2. The van der Waals surface area contributed by atoms with Crippen molar-refractivity contribution in [3.8, 4) is 0 Å². The Hall–Kier alpha value is -0.0800. The summed E-state index contributed by atoms with van der Waals surface area (Å²) in [6.45, 7) is 5.58. The molecule has 0 bridgehead atoms. The van der Waals surface area contributed by atoms with Gasteiger partial charge in [0.25, 0.3) is 0 Å². The van der Waals surface area contributed by atoms with Gasteiger partial charge in [0.15, 0.2) is 0 Å². The molecule has 2 heteroatoms. The van der Waals surface area contributed by atoms with Crippen LogP contribution in [0.1, 0.15) is 19.8 Å². The monoisotopic (exact) mass is 127 g/mol. The van der Waals surface area contributed by atoms with Crippen molar-refractivity contribution >= 4 is 0 Å². The first-order valence-electron chi connectivity index (χ1n) is 3.76. The molecule has 1 unspecified atom stereocenters. The van der Waals surface area contributed by atoms with Crippen LogP contribution in [0.5, 0.6) is 0 Å². The van der Waals surface area contributed by atoms with E-state index < -0.39 is 0 Å². The van der Waals surface area contributed by atoms with E-state index in [-0.39, 0.29) is 5.72 Å². The van der Waals surface area contributed by atoms with Gasteiger partial charge < -0.3 is 4.74 Å². The van der Waals surface area contributed by atoms with E-state index in [9.17, 15) is 0 Å². The summed E-state index contributed by atoms with van der Waals surface area (Å²) in [7, 11) is 0. The number of rotatable bonds is 1. The van der Waals surface area contributed by atoms with Crippen LogP contribution in [0.15, 0.2) is 0 Å². The molecule has 0 radical (unpaired) electrons. The van der Waals surface area contributed by atoms with E-state index in [0.717, 1.165) is 13.2 Å². The highest BCUT2D eigenvalue weighted by Gasteiger charge is 2.49. The van der Waals surface area contributed by atoms with Crippen molar-refractivity contribution in [1.82, 2.24) is 4.90 Å². The molecule has 0 saturated carbocycles. The molecule has 1 spiro atoms. The smallest absolute Gasteiger partial charge is 0.125 e. The Morgan fingerprint density at radius 3 is 2.44 bits per heavy atom. The molecule has 0 aliphatic carbocycles. The highest BCUT2D eigenvalue weighted by atomic mass is 16.5. The van der Waals surface area contributed by atoms with Crippen LogP contribution < -0.4 is 0 Å². The molecule has 0 aromatic rings. The van der Waals surface area contributed by atoms with Gasteiger partial charge in [-0.1, -0.05) is 6.92 Å². The van der Waals surface area contributed by atoms with Gasteiger partial charge in [0.1, 0.15) is 5.72 Å². The molecule has 2 rings (SSSR count). The van der Waals surface area contributed by atoms with E-state index in [1.807, 2.05) is 0 Å². The van der Waals surface area contributed by atoms with Crippen LogP contribution >= 0.6 is 0 Å². The molecule has 2 heterocycles. The average molecular weight is 127 g/mol. The van der Waals surface area contributed by atoms with Crippen LogP contribution in [0.3, 0.4) is 0 Å². The van der Waals surface area contributed by atoms with Crippen LogP contribution in [-0.4, -0.2) is 30.3 Å². The molecule has 1 atom stereocenters. The van der Waals surface area contributed by atoms with Gasteiger partial charge in [-0.05, 0) is 6.54 Å². The molecule has 2 aliphatic rings. The predicted molar refractivity (Wildman–Crippen MR) is 35.2 cm³/mol. The molecule has 2 fully saturated rings. The quantitative estimate of drug-likeness (QED) is 0.517. The predicted octanol–water partition coefficient (Wildman–Crippen LogP) is 0.829. The number of ether oxygens (including phenoxy) is 1. The first-order chi connectivity index (χ1) is 4.37. The minimum atomic E-state index is 0.245. The Bertz CT molecular complexity index is 113. The summed E-state index contributed by atoms with van der Waals surface area (Å²) in [5.41, 5.74) is 0.245. The maximum Gasteiger partial charge on any atom is 0.125 e. The summed E-state index contributed by atoms with van der Waals surface area (Å²) in [5.74, 6) is 0. The summed E-state index contributed by atoms with van der Waals surface area (Å²) < 4.78 is 5.48. The SMILES string of the molecule is CCN1CCC12CCO2. The Kier molecular flexibility index (Phi) is 1.08. The van der Waals surface area contributed by atoms with E-state index in [1.54, 1.807) is 0 Å². The van der Waals surface area contributed by atoms with Crippen LogP contribution in [-0.2, 0) is 4.74 Å². The van der Waals surface area contributed by atoms with Gasteiger partial charge in [-0.3, -0.25) is 4.90 Å². The molecule has 2 saturated heterocycles.